The van der Waals surface area contributed by atoms with Gasteiger partial charge in [-0.15, -0.1) is 0 Å². The third-order valence-electron chi connectivity index (χ3n) is 6.03. The van der Waals surface area contributed by atoms with Crippen molar-refractivity contribution in [2.24, 2.45) is 0 Å². The van der Waals surface area contributed by atoms with Crippen molar-refractivity contribution in [3.63, 3.8) is 0 Å². The summed E-state index contributed by atoms with van der Waals surface area (Å²) >= 11 is 0. The van der Waals surface area contributed by atoms with Crippen molar-refractivity contribution in [2.45, 2.75) is 40.0 Å². The van der Waals surface area contributed by atoms with E-state index in [9.17, 15) is 14.4 Å². The first-order valence-corrected chi connectivity index (χ1v) is 11.8. The zero-order valence-corrected chi connectivity index (χ0v) is 20.4. The Kier molecular flexibility index (Phi) is 6.82. The maximum atomic E-state index is 13.6. The Morgan fingerprint density at radius 3 is 1.97 bits per heavy atom. The van der Waals surface area contributed by atoms with Crippen LogP contribution in [0.2, 0.25) is 0 Å². The molecule has 0 bridgehead atoms. The summed E-state index contributed by atoms with van der Waals surface area (Å²) in [4.78, 5) is 39.8. The van der Waals surface area contributed by atoms with Gasteiger partial charge in [0.15, 0.2) is 0 Å². The van der Waals surface area contributed by atoms with Gasteiger partial charge in [-0.05, 0) is 65.4 Å². The second-order valence-electron chi connectivity index (χ2n) is 8.88. The molecule has 0 saturated heterocycles. The lowest BCUT2D eigenvalue weighted by molar-refractivity contribution is -0.120. The average molecular weight is 468 g/mol. The summed E-state index contributed by atoms with van der Waals surface area (Å²) in [6, 6.07) is 22.2. The number of nitrogens with one attached hydrogen (secondary N) is 2. The zero-order valence-electron chi connectivity index (χ0n) is 20.4. The molecule has 0 saturated carbocycles. The van der Waals surface area contributed by atoms with Crippen LogP contribution in [0.25, 0.3) is 5.57 Å². The predicted octanol–water partition coefficient (Wildman–Crippen LogP) is 5.73. The molecule has 3 aromatic carbocycles. The van der Waals surface area contributed by atoms with E-state index in [0.29, 0.717) is 22.9 Å². The summed E-state index contributed by atoms with van der Waals surface area (Å²) < 4.78 is 0. The highest BCUT2D eigenvalue weighted by Crippen LogP contribution is 2.34. The molecule has 0 spiro atoms. The van der Waals surface area contributed by atoms with Crippen molar-refractivity contribution in [1.29, 1.82) is 0 Å². The first-order chi connectivity index (χ1) is 16.8. The molecule has 0 unspecified atom stereocenters. The number of carbonyl (C=O) groups is 3. The monoisotopic (exact) mass is 467 g/mol. The van der Waals surface area contributed by atoms with Crippen LogP contribution in [0.15, 0.2) is 78.5 Å². The Hall–Kier alpha value is -4.19. The Morgan fingerprint density at radius 2 is 1.43 bits per heavy atom. The molecule has 178 valence electrons. The van der Waals surface area contributed by atoms with Gasteiger partial charge in [0.1, 0.15) is 5.70 Å². The normalized spacial score (nSPS) is 13.6. The molecule has 3 aromatic rings. The van der Waals surface area contributed by atoms with Gasteiger partial charge in [-0.2, -0.15) is 0 Å². The highest BCUT2D eigenvalue weighted by atomic mass is 16.2. The number of nitrogens with zero attached hydrogens (tertiary/aromatic N) is 1. The molecule has 6 heteroatoms. The highest BCUT2D eigenvalue weighted by molar-refractivity contribution is 6.46. The van der Waals surface area contributed by atoms with Crippen LogP contribution in [0.5, 0.6) is 0 Å². The van der Waals surface area contributed by atoms with Gasteiger partial charge < -0.3 is 10.6 Å². The van der Waals surface area contributed by atoms with E-state index in [1.165, 1.54) is 17.4 Å². The van der Waals surface area contributed by atoms with Crippen LogP contribution in [0.1, 0.15) is 50.3 Å². The van der Waals surface area contributed by atoms with Crippen LogP contribution < -0.4 is 15.5 Å². The van der Waals surface area contributed by atoms with Crippen LogP contribution >= 0.6 is 0 Å². The smallest absolute Gasteiger partial charge is 0.282 e. The maximum absolute atomic E-state index is 13.6. The van der Waals surface area contributed by atoms with E-state index in [1.54, 1.807) is 36.4 Å². The molecule has 0 aromatic heterocycles. The second kappa shape index (κ2) is 9.97. The third-order valence-corrected chi connectivity index (χ3v) is 6.03. The maximum Gasteiger partial charge on any atom is 0.282 e. The molecule has 0 radical (unpaired) electrons. The lowest BCUT2D eigenvalue weighted by Gasteiger charge is -2.16. The van der Waals surface area contributed by atoms with Crippen LogP contribution in [0.3, 0.4) is 0 Å². The first-order valence-electron chi connectivity index (χ1n) is 11.8. The summed E-state index contributed by atoms with van der Waals surface area (Å²) in [7, 11) is 0. The van der Waals surface area contributed by atoms with E-state index < -0.39 is 11.8 Å². The van der Waals surface area contributed by atoms with Crippen molar-refractivity contribution in [2.75, 3.05) is 15.5 Å². The summed E-state index contributed by atoms with van der Waals surface area (Å²) in [5.74, 6) is -0.601. The molecule has 2 N–H and O–H groups in total. The van der Waals surface area contributed by atoms with Crippen molar-refractivity contribution < 1.29 is 14.4 Å². The predicted molar refractivity (Wildman–Crippen MR) is 140 cm³/mol. The first kappa shape index (κ1) is 24.0. The SMILES string of the molecule is CCc1ccc(N2C(=O)C(Nc3ccc(C(C)C)cc3)=C(c3ccc(NC(C)=O)cc3)C2=O)cc1. The number of imide groups is 1. The van der Waals surface area contributed by atoms with Crippen molar-refractivity contribution >= 4 is 40.4 Å². The minimum atomic E-state index is -0.409. The second-order valence-corrected chi connectivity index (χ2v) is 8.88. The Balaban J connectivity index is 1.74. The molecule has 0 fully saturated rings. The van der Waals surface area contributed by atoms with Crippen LogP contribution in [0.4, 0.5) is 17.1 Å². The topological polar surface area (TPSA) is 78.5 Å². The fourth-order valence-electron chi connectivity index (χ4n) is 4.05. The molecular formula is C29H29N3O3. The van der Waals surface area contributed by atoms with E-state index in [1.807, 2.05) is 36.4 Å². The standard InChI is InChI=1S/C29H29N3O3/c1-5-20-6-16-25(17-7-20)32-28(34)26(22-10-14-23(15-11-22)30-19(4)33)27(29(32)35)31-24-12-8-21(9-13-24)18(2)3/h6-18,31H,5H2,1-4H3,(H,30,33). The number of hydrogen-bond acceptors (Lipinski definition) is 4. The molecule has 4 rings (SSSR count). The van der Waals surface area contributed by atoms with Crippen molar-refractivity contribution in [1.82, 2.24) is 0 Å². The number of aryl methyl sites for hydroxylation is 1. The molecule has 6 nitrogen and oxygen atoms in total. The molecular weight excluding hydrogens is 438 g/mol. The van der Waals surface area contributed by atoms with Gasteiger partial charge in [0.25, 0.3) is 11.8 Å². The number of anilines is 3. The van der Waals surface area contributed by atoms with Crippen molar-refractivity contribution in [3.8, 4) is 0 Å². The average Bonchev–Trinajstić information content (AvgIpc) is 3.08. The van der Waals surface area contributed by atoms with E-state index >= 15 is 0 Å². The summed E-state index contributed by atoms with van der Waals surface area (Å²) in [6.45, 7) is 7.73. The number of hydrogen-bond donors (Lipinski definition) is 2. The van der Waals surface area contributed by atoms with Crippen LogP contribution in [0, 0.1) is 0 Å². The lowest BCUT2D eigenvalue weighted by Crippen LogP contribution is -2.32. The Morgan fingerprint density at radius 1 is 0.829 bits per heavy atom. The Bertz CT molecular complexity index is 1290. The quantitative estimate of drug-likeness (QED) is 0.435. The number of carbonyl (C=O) groups excluding carboxylic acids is 3. The minimum Gasteiger partial charge on any atom is -0.350 e. The van der Waals surface area contributed by atoms with E-state index in [2.05, 4.69) is 31.4 Å². The number of benzene rings is 3. The molecule has 3 amide bonds. The lowest BCUT2D eigenvalue weighted by atomic mass is 10.0. The summed E-state index contributed by atoms with van der Waals surface area (Å²) in [6.07, 6.45) is 0.867. The highest BCUT2D eigenvalue weighted by Gasteiger charge is 2.40. The van der Waals surface area contributed by atoms with Gasteiger partial charge >= 0.3 is 0 Å². The van der Waals surface area contributed by atoms with Gasteiger partial charge in [0.05, 0.1) is 11.3 Å². The number of rotatable bonds is 7. The molecule has 0 aliphatic carbocycles. The van der Waals surface area contributed by atoms with Gasteiger partial charge in [0.2, 0.25) is 5.91 Å². The van der Waals surface area contributed by atoms with Crippen LogP contribution in [-0.2, 0) is 20.8 Å². The largest absolute Gasteiger partial charge is 0.350 e. The molecule has 1 heterocycles. The zero-order chi connectivity index (χ0) is 25.1. The van der Waals surface area contributed by atoms with E-state index in [4.69, 9.17) is 0 Å². The number of amides is 3. The van der Waals surface area contributed by atoms with E-state index in [0.717, 1.165) is 17.7 Å². The van der Waals surface area contributed by atoms with Crippen LogP contribution in [-0.4, -0.2) is 17.7 Å². The molecule has 0 atom stereocenters. The fraction of sp³-hybridized carbons (Fsp3) is 0.207. The van der Waals surface area contributed by atoms with Gasteiger partial charge in [-0.25, -0.2) is 4.90 Å². The van der Waals surface area contributed by atoms with Gasteiger partial charge in [-0.1, -0.05) is 57.2 Å². The summed E-state index contributed by atoms with van der Waals surface area (Å²) in [5, 5.41) is 5.92. The molecule has 1 aliphatic heterocycles. The fourth-order valence-corrected chi connectivity index (χ4v) is 4.05. The van der Waals surface area contributed by atoms with E-state index in [-0.39, 0.29) is 17.2 Å². The van der Waals surface area contributed by atoms with Crippen molar-refractivity contribution in [3.05, 3.63) is 95.2 Å². The minimum absolute atomic E-state index is 0.182. The summed E-state index contributed by atoms with van der Waals surface area (Å²) in [5.41, 5.74) is 5.27. The molecule has 35 heavy (non-hydrogen) atoms. The van der Waals surface area contributed by atoms with Gasteiger partial charge in [-0.3, -0.25) is 14.4 Å². The van der Waals surface area contributed by atoms with Gasteiger partial charge in [0, 0.05) is 18.3 Å². The molecule has 1 aliphatic rings. The Labute approximate surface area is 205 Å². The third kappa shape index (κ3) is 5.01.